The van der Waals surface area contributed by atoms with E-state index in [1.807, 2.05) is 37.3 Å². The van der Waals surface area contributed by atoms with E-state index in [0.29, 0.717) is 50.9 Å². The van der Waals surface area contributed by atoms with Gasteiger partial charge in [0.15, 0.2) is 28.1 Å². The van der Waals surface area contributed by atoms with Gasteiger partial charge < -0.3 is 34.3 Å². The first-order chi connectivity index (χ1) is 25.6. The lowest BCUT2D eigenvalue weighted by Gasteiger charge is -2.46. The van der Waals surface area contributed by atoms with Crippen molar-refractivity contribution < 1.29 is 38.4 Å². The molecule has 0 spiro atoms. The van der Waals surface area contributed by atoms with Crippen LogP contribution in [0, 0.1) is 0 Å². The Balaban J connectivity index is 1.29. The van der Waals surface area contributed by atoms with E-state index in [2.05, 4.69) is 42.2 Å². The minimum absolute atomic E-state index is 0.0336. The standard InChI is InChI=1S/C39H40Br2N4O8S/c1-38(2,3)53-37(49)45-11-9-23-18-30(50-5)31(20-27(23)39(45,4)21-33(46)43-36-42-10-14-54-36)52-13-12-44-29-8-7-24(40)19-25(29)26(35(44)48)15-22-16-28(41)34(47)32(17-22)51-6/h7-8,10,14-20,47H,9,11-13,21H2,1-6H3,(H,42,43,46). The van der Waals surface area contributed by atoms with Gasteiger partial charge in [-0.3, -0.25) is 14.5 Å². The fraction of sp³-hybridized carbons (Fsp3) is 0.333. The van der Waals surface area contributed by atoms with Crippen molar-refractivity contribution in [2.75, 3.05) is 44.1 Å². The summed E-state index contributed by atoms with van der Waals surface area (Å²) in [6, 6.07) is 12.7. The average molecular weight is 885 g/mol. The molecule has 0 fully saturated rings. The van der Waals surface area contributed by atoms with Crippen molar-refractivity contribution in [3.63, 3.8) is 0 Å². The molecule has 284 valence electrons. The van der Waals surface area contributed by atoms with Crippen molar-refractivity contribution in [3.05, 3.63) is 85.2 Å². The van der Waals surface area contributed by atoms with Gasteiger partial charge in [-0.1, -0.05) is 15.9 Å². The van der Waals surface area contributed by atoms with Crippen molar-refractivity contribution in [3.8, 4) is 23.0 Å². The number of carbonyl (C=O) groups excluding carboxylic acids is 3. The third-order valence-corrected chi connectivity index (χ3v) is 10.9. The number of hydrogen-bond acceptors (Lipinski definition) is 10. The molecular formula is C39H40Br2N4O8S. The van der Waals surface area contributed by atoms with Crippen molar-refractivity contribution in [2.45, 2.75) is 51.7 Å². The highest BCUT2D eigenvalue weighted by Gasteiger charge is 2.45. The van der Waals surface area contributed by atoms with Gasteiger partial charge in [0.05, 0.1) is 42.9 Å². The Labute approximate surface area is 334 Å². The van der Waals surface area contributed by atoms with E-state index in [9.17, 15) is 19.5 Å². The number of thiazole rings is 1. The molecule has 1 unspecified atom stereocenters. The van der Waals surface area contributed by atoms with E-state index in [4.69, 9.17) is 18.9 Å². The number of carbonyl (C=O) groups is 3. The number of benzene rings is 3. The molecule has 2 aliphatic heterocycles. The number of phenols is 1. The number of aromatic nitrogens is 1. The summed E-state index contributed by atoms with van der Waals surface area (Å²) in [5, 5.41) is 15.4. The van der Waals surface area contributed by atoms with Gasteiger partial charge >= 0.3 is 6.09 Å². The summed E-state index contributed by atoms with van der Waals surface area (Å²) in [6.07, 6.45) is 3.27. The van der Waals surface area contributed by atoms with Crippen LogP contribution < -0.4 is 24.4 Å². The highest BCUT2D eigenvalue weighted by Crippen LogP contribution is 2.45. The molecule has 3 aromatic carbocycles. The second-order valence-electron chi connectivity index (χ2n) is 14.0. The number of aromatic hydroxyl groups is 1. The maximum absolute atomic E-state index is 14.0. The maximum atomic E-state index is 14.0. The fourth-order valence-electron chi connectivity index (χ4n) is 6.71. The Morgan fingerprint density at radius 1 is 1.07 bits per heavy atom. The molecule has 15 heteroatoms. The van der Waals surface area contributed by atoms with Crippen LogP contribution in [0.25, 0.3) is 11.6 Å². The Morgan fingerprint density at radius 3 is 2.52 bits per heavy atom. The number of amides is 3. The van der Waals surface area contributed by atoms with E-state index in [0.717, 1.165) is 21.2 Å². The smallest absolute Gasteiger partial charge is 0.411 e. The average Bonchev–Trinajstić information content (AvgIpc) is 3.70. The quantitative estimate of drug-likeness (QED) is 0.150. The van der Waals surface area contributed by atoms with Crippen LogP contribution in [0.5, 0.6) is 23.0 Å². The lowest BCUT2D eigenvalue weighted by atomic mass is 9.79. The first-order valence-corrected chi connectivity index (χ1v) is 19.5. The number of nitrogens with one attached hydrogen (secondary N) is 1. The number of halogens is 2. The van der Waals surface area contributed by atoms with E-state index in [1.165, 1.54) is 18.4 Å². The zero-order valence-electron chi connectivity index (χ0n) is 30.6. The van der Waals surface area contributed by atoms with Crippen LogP contribution in [-0.2, 0) is 26.3 Å². The molecule has 54 heavy (non-hydrogen) atoms. The summed E-state index contributed by atoms with van der Waals surface area (Å²) in [5.74, 6) is 0.581. The molecule has 2 aliphatic rings. The lowest BCUT2D eigenvalue weighted by molar-refractivity contribution is -0.119. The molecule has 3 heterocycles. The Hall–Kier alpha value is -4.60. The van der Waals surface area contributed by atoms with Crippen LogP contribution in [-0.4, -0.2) is 72.4 Å². The molecule has 4 aromatic rings. The Morgan fingerprint density at radius 2 is 1.83 bits per heavy atom. The number of methoxy groups -OCH3 is 2. The molecule has 3 amide bonds. The van der Waals surface area contributed by atoms with Gasteiger partial charge in [0, 0.05) is 33.7 Å². The SMILES string of the molecule is COc1cc2c(cc1OCCN1C(=O)C(=Cc3cc(Br)c(O)c(OC)c3)c3cc(Br)ccc31)C(C)(CC(=O)Nc1nccs1)N(C(=O)OC(C)(C)C)CC2. The number of rotatable bonds is 10. The van der Waals surface area contributed by atoms with Gasteiger partial charge in [-0.15, -0.1) is 11.3 Å². The van der Waals surface area contributed by atoms with Gasteiger partial charge in [0.25, 0.3) is 5.91 Å². The van der Waals surface area contributed by atoms with Gasteiger partial charge in [-0.25, -0.2) is 9.78 Å². The predicted octanol–water partition coefficient (Wildman–Crippen LogP) is 8.39. The van der Waals surface area contributed by atoms with Crippen LogP contribution in [0.3, 0.4) is 0 Å². The second kappa shape index (κ2) is 15.6. The number of hydrogen-bond donors (Lipinski definition) is 2. The van der Waals surface area contributed by atoms with Gasteiger partial charge in [0.2, 0.25) is 5.91 Å². The Kier molecular flexibility index (Phi) is 11.3. The summed E-state index contributed by atoms with van der Waals surface area (Å²) in [7, 11) is 3.01. The lowest BCUT2D eigenvalue weighted by Crippen LogP contribution is -2.54. The summed E-state index contributed by atoms with van der Waals surface area (Å²) >= 11 is 8.21. The van der Waals surface area contributed by atoms with Gasteiger partial charge in [0.1, 0.15) is 12.2 Å². The first kappa shape index (κ1) is 39.1. The predicted molar refractivity (Wildman–Crippen MR) is 215 cm³/mol. The molecule has 1 aromatic heterocycles. The molecule has 0 bridgehead atoms. The van der Waals surface area contributed by atoms with Crippen LogP contribution >= 0.6 is 43.2 Å². The molecular weight excluding hydrogens is 844 g/mol. The Bertz CT molecular complexity index is 2140. The highest BCUT2D eigenvalue weighted by atomic mass is 79.9. The van der Waals surface area contributed by atoms with Crippen molar-refractivity contribution in [2.24, 2.45) is 0 Å². The summed E-state index contributed by atoms with van der Waals surface area (Å²) in [5.41, 5.74) is 2.33. The molecule has 0 radical (unpaired) electrons. The number of anilines is 2. The summed E-state index contributed by atoms with van der Waals surface area (Å²) in [4.78, 5) is 48.6. The summed E-state index contributed by atoms with van der Waals surface area (Å²) < 4.78 is 24.5. The molecule has 6 rings (SSSR count). The molecule has 0 saturated heterocycles. The van der Waals surface area contributed by atoms with Crippen molar-refractivity contribution in [1.29, 1.82) is 0 Å². The largest absolute Gasteiger partial charge is 0.503 e. The fourth-order valence-corrected chi connectivity index (χ4v) is 8.07. The van der Waals surface area contributed by atoms with E-state index in [-0.39, 0.29) is 42.9 Å². The van der Waals surface area contributed by atoms with Gasteiger partial charge in [-0.2, -0.15) is 0 Å². The van der Waals surface area contributed by atoms with E-state index in [1.54, 1.807) is 67.5 Å². The first-order valence-electron chi connectivity index (χ1n) is 17.1. The minimum Gasteiger partial charge on any atom is -0.503 e. The van der Waals surface area contributed by atoms with Crippen LogP contribution in [0.4, 0.5) is 15.6 Å². The molecule has 0 aliphatic carbocycles. The number of fused-ring (bicyclic) bond motifs is 2. The van der Waals surface area contributed by atoms with Crippen LogP contribution in [0.15, 0.2) is 63.0 Å². The van der Waals surface area contributed by atoms with E-state index >= 15 is 0 Å². The molecule has 12 nitrogen and oxygen atoms in total. The zero-order chi connectivity index (χ0) is 38.9. The molecule has 1 atom stereocenters. The summed E-state index contributed by atoms with van der Waals surface area (Å²) in [6.45, 7) is 7.87. The number of nitrogens with zero attached hydrogens (tertiary/aromatic N) is 3. The second-order valence-corrected chi connectivity index (χ2v) is 16.6. The third-order valence-electron chi connectivity index (χ3n) is 9.14. The van der Waals surface area contributed by atoms with Crippen molar-refractivity contribution in [1.82, 2.24) is 9.88 Å². The zero-order valence-corrected chi connectivity index (χ0v) is 34.6. The molecule has 2 N–H and O–H groups in total. The number of ether oxygens (including phenoxy) is 4. The van der Waals surface area contributed by atoms with Crippen LogP contribution in [0.1, 0.15) is 56.4 Å². The topological polar surface area (TPSA) is 140 Å². The highest BCUT2D eigenvalue weighted by molar-refractivity contribution is 9.10. The van der Waals surface area contributed by atoms with E-state index < -0.39 is 17.2 Å². The maximum Gasteiger partial charge on any atom is 0.411 e. The van der Waals surface area contributed by atoms with Crippen LogP contribution in [0.2, 0.25) is 0 Å². The van der Waals surface area contributed by atoms with Crippen molar-refractivity contribution >= 4 is 83.6 Å². The monoisotopic (exact) mass is 882 g/mol. The number of phenolic OH excluding ortho intramolecular Hbond substituents is 1. The third kappa shape index (κ3) is 8.08. The normalized spacial score (nSPS) is 17.3. The minimum atomic E-state index is -1.12. The van der Waals surface area contributed by atoms with Gasteiger partial charge in [-0.05, 0) is 115 Å². The molecule has 0 saturated carbocycles.